The van der Waals surface area contributed by atoms with Crippen molar-refractivity contribution in [1.82, 2.24) is 0 Å². The third kappa shape index (κ3) is 42.6. The number of esters is 2. The summed E-state index contributed by atoms with van der Waals surface area (Å²) in [5.41, 5.74) is 16.4. The van der Waals surface area contributed by atoms with Crippen LogP contribution in [0.15, 0.2) is 218 Å². The fourth-order valence-electron chi connectivity index (χ4n) is 16.5. The van der Waals surface area contributed by atoms with Gasteiger partial charge in [-0.3, -0.25) is 0 Å². The third-order valence-electron chi connectivity index (χ3n) is 24.7. The Bertz CT molecular complexity index is 5730. The van der Waals surface area contributed by atoms with Crippen molar-refractivity contribution in [2.45, 2.75) is 271 Å². The molecular weight excluding hydrogens is 1770 g/mol. The third-order valence-corrected chi connectivity index (χ3v) is 24.7. The number of aromatic hydroxyl groups is 2. The number of hydrogen-bond donors (Lipinski definition) is 2. The monoisotopic (exact) mass is 1910 g/mol. The first-order valence-electron chi connectivity index (χ1n) is 52.5. The largest absolute Gasteiger partial charge is 0.507 e. The van der Waals surface area contributed by atoms with Gasteiger partial charge >= 0.3 is 11.9 Å². The highest BCUT2D eigenvalue weighted by Crippen LogP contribution is 2.42. The molecule has 0 radical (unpaired) electrons. The van der Waals surface area contributed by atoms with Crippen LogP contribution in [0.25, 0.3) is 44.5 Å². The van der Waals surface area contributed by atoms with Crippen molar-refractivity contribution in [2.75, 3.05) is 39.6 Å². The van der Waals surface area contributed by atoms with Gasteiger partial charge in [-0.25, -0.2) is 9.59 Å². The molecule has 10 nitrogen and oxygen atoms in total. The summed E-state index contributed by atoms with van der Waals surface area (Å²) < 4.78 is 33.7. The highest BCUT2D eigenvalue weighted by Gasteiger charge is 2.21. The summed E-state index contributed by atoms with van der Waals surface area (Å²) in [5.74, 6) is 63.0. The zero-order valence-corrected chi connectivity index (χ0v) is 84.5. The maximum Gasteiger partial charge on any atom is 0.338 e. The van der Waals surface area contributed by atoms with Crippen molar-refractivity contribution in [3.8, 4) is 199 Å². The number of rotatable bonds is 4. The summed E-state index contributed by atoms with van der Waals surface area (Å²) in [6.07, 6.45) is 56.9. The van der Waals surface area contributed by atoms with Crippen LogP contribution in [-0.4, -0.2) is 61.8 Å². The molecular formula is C134H136O10. The summed E-state index contributed by atoms with van der Waals surface area (Å²) in [4.78, 5) is 26.3. The number of hydrogen-bond acceptors (Lipinski definition) is 10. The molecule has 13 heterocycles. The maximum atomic E-state index is 13.2. The first-order valence-corrected chi connectivity index (χ1v) is 52.5. The van der Waals surface area contributed by atoms with Gasteiger partial charge in [0.25, 0.3) is 0 Å². The highest BCUT2D eigenvalue weighted by molar-refractivity contribution is 5.97. The van der Waals surface area contributed by atoms with Crippen LogP contribution in [0.4, 0.5) is 0 Å². The Kier molecular flexibility index (Phi) is 50.8. The van der Waals surface area contributed by atoms with E-state index in [1.807, 2.05) is 194 Å². The van der Waals surface area contributed by atoms with Gasteiger partial charge in [-0.15, -0.1) is 0 Å². The fourth-order valence-corrected chi connectivity index (χ4v) is 16.5. The SMILES string of the molecule is CCOC(=O)c1cc2c(O)c(c1)-c1ccc(cc1)C#COCCCCCCCCCCCC#Cc1ccc(cc1)C#CC#Cc1ccc(cc1)C#CCCCCCCCCCCCOC#Cc1ccc(cc1)-c1cc(C(=O)OCC)cc(c1O)-c1ccc(cc1)C#COCCCCCCCCCCCC#Cc1ccc(cc1)C#CC#Cc1ccc(cc1)C#CCCCCCCCCCCCOC#Cc1ccc-2cc1. The quantitative estimate of drug-likeness (QED) is 0.130. The smallest absolute Gasteiger partial charge is 0.338 e. The number of phenols is 2. The van der Waals surface area contributed by atoms with Crippen molar-refractivity contribution < 1.29 is 48.2 Å². The van der Waals surface area contributed by atoms with Crippen LogP contribution >= 0.6 is 0 Å². The zero-order chi connectivity index (χ0) is 100. The number of ether oxygens (including phenoxy) is 6. The Morgan fingerprint density at radius 1 is 0.222 bits per heavy atom. The van der Waals surface area contributed by atoms with Crippen LogP contribution in [0.3, 0.4) is 0 Å². The number of carbonyl (C=O) groups is 2. The average Bonchev–Trinajstić information content (AvgIpc) is 0.787. The molecule has 0 amide bonds. The Hall–Kier alpha value is -15.3. The molecule has 10 aromatic rings. The minimum atomic E-state index is -0.466. The normalized spacial score (nSPS) is 14.7. The Labute approximate surface area is 860 Å². The van der Waals surface area contributed by atoms with Gasteiger partial charge in [-0.1, -0.05) is 299 Å². The van der Waals surface area contributed by atoms with E-state index in [4.69, 9.17) is 28.4 Å². The molecule has 23 rings (SSSR count). The van der Waals surface area contributed by atoms with E-state index >= 15 is 0 Å². The summed E-state index contributed by atoms with van der Waals surface area (Å²) >= 11 is 0. The van der Waals surface area contributed by atoms with Gasteiger partial charge in [0, 0.05) is 115 Å². The second kappa shape index (κ2) is 67.1. The number of benzene rings is 10. The summed E-state index contributed by atoms with van der Waals surface area (Å²) in [7, 11) is 0. The van der Waals surface area contributed by atoms with Crippen LogP contribution in [0.1, 0.15) is 358 Å². The van der Waals surface area contributed by atoms with E-state index in [-0.39, 0.29) is 24.7 Å². The molecule has 13 aliphatic rings. The minimum Gasteiger partial charge on any atom is -0.507 e. The molecule has 0 unspecified atom stereocenters. The molecule has 0 saturated heterocycles. The number of phenolic OH excluding ortho intramolecular Hbond substituents is 2. The van der Waals surface area contributed by atoms with Crippen LogP contribution in [0.2, 0.25) is 0 Å². The lowest BCUT2D eigenvalue weighted by atomic mass is 9.93. The van der Waals surface area contributed by atoms with Crippen molar-refractivity contribution in [1.29, 1.82) is 0 Å². The van der Waals surface area contributed by atoms with E-state index in [1.54, 1.807) is 38.1 Å². The molecule has 0 atom stereocenters. The summed E-state index contributed by atoms with van der Waals surface area (Å²) in [6.45, 7) is 6.33. The molecule has 0 saturated carbocycles. The predicted octanol–water partition coefficient (Wildman–Crippen LogP) is 30.4. The van der Waals surface area contributed by atoms with Gasteiger partial charge in [0.05, 0.1) is 24.3 Å². The van der Waals surface area contributed by atoms with Crippen LogP contribution in [0.5, 0.6) is 11.5 Å². The topological polar surface area (TPSA) is 130 Å². The molecule has 10 heteroatoms. The van der Waals surface area contributed by atoms with Gasteiger partial charge in [0.1, 0.15) is 62.4 Å². The van der Waals surface area contributed by atoms with E-state index in [9.17, 15) is 19.8 Å². The van der Waals surface area contributed by atoms with Crippen molar-refractivity contribution in [3.05, 3.63) is 296 Å². The Morgan fingerprint density at radius 3 is 0.569 bits per heavy atom. The van der Waals surface area contributed by atoms with Gasteiger partial charge in [-0.05, 0) is 305 Å². The van der Waals surface area contributed by atoms with E-state index < -0.39 is 11.9 Å². The Balaban J connectivity index is 0.582. The maximum absolute atomic E-state index is 13.2. The first kappa shape index (κ1) is 109. The lowest BCUT2D eigenvalue weighted by Crippen LogP contribution is -2.05. The van der Waals surface area contributed by atoms with Gasteiger partial charge < -0.3 is 38.6 Å². The van der Waals surface area contributed by atoms with Crippen molar-refractivity contribution in [3.63, 3.8) is 0 Å². The second-order valence-corrected chi connectivity index (χ2v) is 36.1. The molecule has 0 fully saturated rings. The second-order valence-electron chi connectivity index (χ2n) is 36.1. The van der Waals surface area contributed by atoms with E-state index in [1.165, 1.54) is 154 Å². The highest BCUT2D eigenvalue weighted by atomic mass is 16.5. The standard InChI is InChI=1S/C134H136O10/c1-3-143-133(137)125-105-127-121-85-77-117(78-86-121)93-101-139-97-49-37-29-21-13-5-9-17-25-33-41-53-109-61-69-113(70-62-109)57-45-47-59-115-73-65-111(66-74-115)55-43-35-27-19-11-7-15-23-31-39-51-99-141-103-95-119-81-89-123(90-82-119)129-107-126(134(138)144-4-2)108-130(132(129)136)124-91-83-120(84-92-124)96-104-142-100-52-40-32-24-16-8-12-20-28-36-44-56-112-67-75-116(76-68-112)60-48-46-58-114-71-63-110(64-72-114)54-42-34-26-18-10-6-14-22-30-38-50-98-140-102-94-118-79-87-122(88-80-118)128(106-125)131(127)135/h61-92,105-108,135-136H,3-40,49-52,97-100H2,1-2H3. The van der Waals surface area contributed by atoms with Gasteiger partial charge in [0.15, 0.2) is 0 Å². The van der Waals surface area contributed by atoms with E-state index in [0.717, 1.165) is 192 Å². The first-order chi connectivity index (χ1) is 71.1. The zero-order valence-electron chi connectivity index (χ0n) is 84.5. The molecule has 10 aromatic carbocycles. The van der Waals surface area contributed by atoms with E-state index in [0.29, 0.717) is 59.8 Å². The molecule has 0 aromatic heterocycles. The molecule has 13 aliphatic heterocycles. The molecule has 20 bridgehead atoms. The van der Waals surface area contributed by atoms with Crippen molar-refractivity contribution in [2.24, 2.45) is 0 Å². The molecule has 732 valence electrons. The number of carbonyl (C=O) groups excluding carboxylic acids is 2. The van der Waals surface area contributed by atoms with Crippen molar-refractivity contribution >= 4 is 11.9 Å². The summed E-state index contributed by atoms with van der Waals surface area (Å²) in [6, 6.07) is 69.2. The fraction of sp³-hybridized carbons (Fsp3) is 0.358. The van der Waals surface area contributed by atoms with Crippen LogP contribution in [-0.2, 0) is 28.4 Å². The Morgan fingerprint density at radius 2 is 0.382 bits per heavy atom. The van der Waals surface area contributed by atoms with Gasteiger partial charge in [0.2, 0.25) is 0 Å². The average molecular weight is 1910 g/mol. The molecule has 2 N–H and O–H groups in total. The van der Waals surface area contributed by atoms with Crippen LogP contribution < -0.4 is 0 Å². The van der Waals surface area contributed by atoms with Crippen LogP contribution in [0, 0.1) is 143 Å². The van der Waals surface area contributed by atoms with E-state index in [2.05, 4.69) is 143 Å². The lowest BCUT2D eigenvalue weighted by Gasteiger charge is -2.14. The molecule has 0 aliphatic carbocycles. The molecule has 144 heavy (non-hydrogen) atoms. The lowest BCUT2D eigenvalue weighted by molar-refractivity contribution is 0.0517. The van der Waals surface area contributed by atoms with Gasteiger partial charge in [-0.2, -0.15) is 0 Å². The molecule has 0 spiro atoms. The predicted molar refractivity (Wildman–Crippen MR) is 587 cm³/mol. The summed E-state index contributed by atoms with van der Waals surface area (Å²) in [5, 5.41) is 23.5. The minimum absolute atomic E-state index is 0.0546.